The summed E-state index contributed by atoms with van der Waals surface area (Å²) in [6.45, 7) is 9.30. The van der Waals surface area contributed by atoms with Crippen LogP contribution in [0.4, 0.5) is 0 Å². The lowest BCUT2D eigenvalue weighted by atomic mass is 9.98. The van der Waals surface area contributed by atoms with E-state index in [0.29, 0.717) is 40.5 Å². The normalized spacial score (nSPS) is 12.8. The smallest absolute Gasteiger partial charge is 0.340 e. The van der Waals surface area contributed by atoms with Crippen LogP contribution in [0.25, 0.3) is 21.9 Å². The second kappa shape index (κ2) is 11.8. The first kappa shape index (κ1) is 28.6. The second-order valence-corrected chi connectivity index (χ2v) is 10.2. The Balaban J connectivity index is 1.55. The van der Waals surface area contributed by atoms with Gasteiger partial charge in [-0.2, -0.15) is 0 Å². The molecule has 0 saturated carbocycles. The van der Waals surface area contributed by atoms with Crippen LogP contribution in [-0.4, -0.2) is 35.0 Å². The van der Waals surface area contributed by atoms with Gasteiger partial charge in [0.1, 0.15) is 29.0 Å². The van der Waals surface area contributed by atoms with Crippen LogP contribution in [0.3, 0.4) is 0 Å². The number of carboxylic acid groups (broad SMARTS) is 1. The molecule has 2 amide bonds. The summed E-state index contributed by atoms with van der Waals surface area (Å²) in [4.78, 5) is 50.9. The first-order valence-electron chi connectivity index (χ1n) is 13.3. The maximum atomic E-state index is 13.1. The van der Waals surface area contributed by atoms with Gasteiger partial charge in [0, 0.05) is 22.8 Å². The third-order valence-electron chi connectivity index (χ3n) is 7.41. The molecule has 2 heterocycles. The van der Waals surface area contributed by atoms with Crippen LogP contribution in [0, 0.1) is 27.7 Å². The second-order valence-electron chi connectivity index (χ2n) is 10.2. The Morgan fingerprint density at radius 3 is 2.17 bits per heavy atom. The number of carbonyl (C=O) groups excluding carboxylic acids is 2. The Morgan fingerprint density at radius 2 is 1.52 bits per heavy atom. The quantitative estimate of drug-likeness (QED) is 0.250. The van der Waals surface area contributed by atoms with E-state index >= 15 is 0 Å². The van der Waals surface area contributed by atoms with Gasteiger partial charge in [0.25, 0.3) is 0 Å². The zero-order valence-corrected chi connectivity index (χ0v) is 23.3. The predicted octanol–water partition coefficient (Wildman–Crippen LogP) is 4.41. The third kappa shape index (κ3) is 5.78. The fourth-order valence-corrected chi connectivity index (χ4v) is 4.98. The number of aliphatic carboxylic acids is 1. The number of benzene rings is 2. The molecule has 1 unspecified atom stereocenters. The fourth-order valence-electron chi connectivity index (χ4n) is 4.98. The number of carboxylic acids is 1. The van der Waals surface area contributed by atoms with Crippen LogP contribution < -0.4 is 16.3 Å². The molecule has 9 nitrogen and oxygen atoms in total. The molecule has 0 bridgehead atoms. The van der Waals surface area contributed by atoms with E-state index in [4.69, 9.17) is 8.83 Å². The molecule has 0 aliphatic carbocycles. The molecule has 2 aromatic carbocycles. The summed E-state index contributed by atoms with van der Waals surface area (Å²) in [5.41, 5.74) is 3.73. The average Bonchev–Trinajstić information content (AvgIpc) is 3.20. The molecule has 0 aliphatic heterocycles. The summed E-state index contributed by atoms with van der Waals surface area (Å²) < 4.78 is 11.5. The van der Waals surface area contributed by atoms with Gasteiger partial charge in [-0.3, -0.25) is 9.59 Å². The van der Waals surface area contributed by atoms with Crippen LogP contribution in [0.15, 0.2) is 50.0 Å². The fraction of sp³-hybridized carbons (Fsp3) is 0.355. The number of hydrogen-bond acceptors (Lipinski definition) is 6. The third-order valence-corrected chi connectivity index (χ3v) is 7.41. The lowest BCUT2D eigenvalue weighted by molar-refractivity contribution is -0.142. The number of rotatable bonds is 10. The summed E-state index contributed by atoms with van der Waals surface area (Å²) in [7, 11) is 0. The van der Waals surface area contributed by atoms with Crippen molar-refractivity contribution < 1.29 is 28.3 Å². The zero-order valence-electron chi connectivity index (χ0n) is 23.3. The van der Waals surface area contributed by atoms with Crippen molar-refractivity contribution >= 4 is 39.7 Å². The highest BCUT2D eigenvalue weighted by Gasteiger charge is 2.27. The average molecular weight is 547 g/mol. The van der Waals surface area contributed by atoms with E-state index in [-0.39, 0.29) is 18.4 Å². The number of aryl methyl sites for hydroxylation is 4. The summed E-state index contributed by atoms with van der Waals surface area (Å²) in [5, 5.41) is 16.5. The summed E-state index contributed by atoms with van der Waals surface area (Å²) >= 11 is 0. The van der Waals surface area contributed by atoms with Crippen LogP contribution in [0.2, 0.25) is 0 Å². The SMILES string of the molecule is CCCC(NC(=O)Cc1c(C)c2cc3c(C)c(C)oc3c(C)c2oc1=O)C(=O)N[C@@H](Cc1ccccc1)C(=O)O. The molecule has 4 rings (SSSR count). The molecular formula is C31H34N2O7. The van der Waals surface area contributed by atoms with Gasteiger partial charge in [-0.05, 0) is 56.9 Å². The van der Waals surface area contributed by atoms with Crippen molar-refractivity contribution in [3.8, 4) is 0 Å². The summed E-state index contributed by atoms with van der Waals surface area (Å²) in [6, 6.07) is 8.78. The van der Waals surface area contributed by atoms with E-state index in [1.54, 1.807) is 31.2 Å². The summed E-state index contributed by atoms with van der Waals surface area (Å²) in [5.74, 6) is -1.52. The number of carbonyl (C=O) groups is 3. The molecule has 0 spiro atoms. The van der Waals surface area contributed by atoms with E-state index in [9.17, 15) is 24.3 Å². The Labute approximate surface area is 231 Å². The Bertz CT molecular complexity index is 1650. The molecule has 9 heteroatoms. The standard InChI is InChI=1S/C31H34N2O7/c1-6-10-24(29(35)33-25(30(36)37)13-20-11-8-7-9-12-20)32-26(34)15-23-17(3)22-14-21-16(2)19(5)39-27(21)18(4)28(22)40-31(23)38/h7-9,11-12,14,24-25H,6,10,13,15H2,1-5H3,(H,32,34)(H,33,35)(H,36,37)/t24?,25-/m0/s1. The first-order chi connectivity index (χ1) is 19.0. The van der Waals surface area contributed by atoms with Gasteiger partial charge < -0.3 is 24.6 Å². The number of furan rings is 1. The van der Waals surface area contributed by atoms with Crippen molar-refractivity contribution in [1.82, 2.24) is 10.6 Å². The number of hydrogen-bond donors (Lipinski definition) is 3. The lowest BCUT2D eigenvalue weighted by Crippen LogP contribution is -2.52. The zero-order chi connectivity index (χ0) is 29.1. The molecule has 210 valence electrons. The minimum Gasteiger partial charge on any atom is -0.480 e. The van der Waals surface area contributed by atoms with Crippen molar-refractivity contribution in [3.05, 3.63) is 80.4 Å². The van der Waals surface area contributed by atoms with Crippen LogP contribution in [0.5, 0.6) is 0 Å². The van der Waals surface area contributed by atoms with Crippen molar-refractivity contribution in [3.63, 3.8) is 0 Å². The molecule has 2 atom stereocenters. The number of amides is 2. The van der Waals surface area contributed by atoms with E-state index in [1.165, 1.54) is 0 Å². The number of fused-ring (bicyclic) bond motifs is 2. The van der Waals surface area contributed by atoms with Crippen molar-refractivity contribution in [1.29, 1.82) is 0 Å². The van der Waals surface area contributed by atoms with E-state index in [2.05, 4.69) is 10.6 Å². The van der Waals surface area contributed by atoms with Gasteiger partial charge in [-0.15, -0.1) is 0 Å². The molecule has 2 aromatic heterocycles. The highest BCUT2D eigenvalue weighted by atomic mass is 16.4. The van der Waals surface area contributed by atoms with Gasteiger partial charge in [0.2, 0.25) is 11.8 Å². The topological polar surface area (TPSA) is 139 Å². The maximum absolute atomic E-state index is 13.1. The molecule has 0 radical (unpaired) electrons. The molecule has 0 saturated heterocycles. The van der Waals surface area contributed by atoms with Crippen molar-refractivity contribution in [2.75, 3.05) is 0 Å². The lowest BCUT2D eigenvalue weighted by Gasteiger charge is -2.21. The maximum Gasteiger partial charge on any atom is 0.340 e. The molecule has 0 fully saturated rings. The molecule has 0 aliphatic rings. The van der Waals surface area contributed by atoms with Gasteiger partial charge >= 0.3 is 11.6 Å². The van der Waals surface area contributed by atoms with Gasteiger partial charge in [-0.25, -0.2) is 9.59 Å². The Kier molecular flexibility index (Phi) is 8.42. The predicted molar refractivity (Wildman–Crippen MR) is 151 cm³/mol. The van der Waals surface area contributed by atoms with Gasteiger partial charge in [0.05, 0.1) is 12.0 Å². The van der Waals surface area contributed by atoms with Gasteiger partial charge in [-0.1, -0.05) is 43.7 Å². The van der Waals surface area contributed by atoms with E-state index in [1.807, 2.05) is 39.8 Å². The van der Waals surface area contributed by atoms with E-state index in [0.717, 1.165) is 22.3 Å². The van der Waals surface area contributed by atoms with E-state index < -0.39 is 35.5 Å². The van der Waals surface area contributed by atoms with Crippen LogP contribution in [-0.2, 0) is 27.2 Å². The Morgan fingerprint density at radius 1 is 0.875 bits per heavy atom. The Hall–Kier alpha value is -4.40. The highest BCUT2D eigenvalue weighted by molar-refractivity contribution is 6.00. The van der Waals surface area contributed by atoms with Crippen LogP contribution >= 0.6 is 0 Å². The number of nitrogens with one attached hydrogen (secondary N) is 2. The molecule has 40 heavy (non-hydrogen) atoms. The molecular weight excluding hydrogens is 512 g/mol. The monoisotopic (exact) mass is 546 g/mol. The van der Waals surface area contributed by atoms with Crippen molar-refractivity contribution in [2.45, 2.75) is 72.4 Å². The minimum atomic E-state index is -1.17. The molecule has 4 aromatic rings. The molecule has 3 N–H and O–H groups in total. The van der Waals surface area contributed by atoms with Crippen molar-refractivity contribution in [2.24, 2.45) is 0 Å². The minimum absolute atomic E-state index is 0.106. The van der Waals surface area contributed by atoms with Gasteiger partial charge in [0.15, 0.2) is 0 Å². The van der Waals surface area contributed by atoms with Crippen LogP contribution in [0.1, 0.15) is 53.3 Å². The first-order valence-corrected chi connectivity index (χ1v) is 13.3. The summed E-state index contributed by atoms with van der Waals surface area (Å²) in [6.07, 6.45) is 0.695. The largest absolute Gasteiger partial charge is 0.480 e. The highest BCUT2D eigenvalue weighted by Crippen LogP contribution is 2.34.